The van der Waals surface area contributed by atoms with Crippen molar-refractivity contribution in [2.75, 3.05) is 6.26 Å². The van der Waals surface area contributed by atoms with E-state index in [-0.39, 0.29) is 0 Å². The Morgan fingerprint density at radius 1 is 1.04 bits per heavy atom. The Morgan fingerprint density at radius 2 is 1.83 bits per heavy atom. The van der Waals surface area contributed by atoms with Crippen LogP contribution in [0.25, 0.3) is 28.0 Å². The summed E-state index contributed by atoms with van der Waals surface area (Å²) in [4.78, 5) is 0.817. The molecule has 0 bridgehead atoms. The van der Waals surface area contributed by atoms with Gasteiger partial charge >= 0.3 is 0 Å². The van der Waals surface area contributed by atoms with Crippen molar-refractivity contribution in [3.8, 4) is 17.1 Å². The maximum Gasteiger partial charge on any atom is 0.247 e. The Kier molecular flexibility index (Phi) is 3.63. The van der Waals surface area contributed by atoms with Crippen molar-refractivity contribution in [3.63, 3.8) is 0 Å². The first kappa shape index (κ1) is 15.0. The number of hydrogen-bond acceptors (Lipinski definition) is 4. The van der Waals surface area contributed by atoms with E-state index in [0.29, 0.717) is 11.8 Å². The average Bonchev–Trinajstić information content (AvgIpc) is 3.20. The van der Waals surface area contributed by atoms with Crippen LogP contribution in [0.15, 0.2) is 64.0 Å². The number of hydrogen-bond donors (Lipinski definition) is 0. The fraction of sp³-hybridized carbons (Fsp3) is 0.111. The second kappa shape index (κ2) is 5.81. The van der Waals surface area contributed by atoms with E-state index >= 15 is 0 Å². The molecule has 120 valence electrons. The fourth-order valence-corrected chi connectivity index (χ4v) is 3.22. The van der Waals surface area contributed by atoms with E-state index in [2.05, 4.69) is 20.8 Å². The van der Waals surface area contributed by atoms with E-state index in [4.69, 9.17) is 4.42 Å². The zero-order chi connectivity index (χ0) is 16.7. The highest BCUT2D eigenvalue weighted by Gasteiger charge is 2.10. The van der Waals surface area contributed by atoms with Crippen LogP contribution in [0.2, 0.25) is 0 Å². The summed E-state index contributed by atoms with van der Waals surface area (Å²) >= 11 is -0.974. The summed E-state index contributed by atoms with van der Waals surface area (Å²) in [6, 6.07) is 15.8. The summed E-state index contributed by atoms with van der Waals surface area (Å²) in [6.07, 6.45) is 3.70. The molecule has 0 fully saturated rings. The zero-order valence-corrected chi connectivity index (χ0v) is 14.1. The van der Waals surface area contributed by atoms with Gasteiger partial charge in [0.1, 0.15) is 6.26 Å². The standard InChI is InChI=1S/C18H15N3O2S/c1-12-19-20-18(23-12)14-4-3-13-9-10-21(17(13)11-14)15-5-7-16(8-6-15)24(2)22/h3-11H,1-2H3. The molecule has 5 nitrogen and oxygen atoms in total. The Bertz CT molecular complexity index is 1000. The third-order valence-electron chi connectivity index (χ3n) is 3.91. The molecular weight excluding hydrogens is 322 g/mol. The van der Waals surface area contributed by atoms with Crippen LogP contribution in [0.4, 0.5) is 0 Å². The normalized spacial score (nSPS) is 12.6. The third kappa shape index (κ3) is 2.60. The van der Waals surface area contributed by atoms with Crippen molar-refractivity contribution >= 4 is 22.1 Å². The molecule has 4 aromatic rings. The van der Waals surface area contributed by atoms with Crippen molar-refractivity contribution in [1.82, 2.24) is 14.8 Å². The van der Waals surface area contributed by atoms with Gasteiger partial charge in [0.2, 0.25) is 11.8 Å². The molecule has 0 spiro atoms. The number of aryl methyl sites for hydroxylation is 1. The van der Waals surface area contributed by atoms with Crippen LogP contribution in [-0.2, 0) is 11.2 Å². The lowest BCUT2D eigenvalue weighted by Gasteiger charge is -2.08. The molecule has 2 aromatic heterocycles. The first-order valence-electron chi connectivity index (χ1n) is 7.47. The highest BCUT2D eigenvalue weighted by Crippen LogP contribution is 2.27. The van der Waals surface area contributed by atoms with Crippen molar-refractivity contribution in [2.45, 2.75) is 11.8 Å². The maximum absolute atomic E-state index is 11.5. The zero-order valence-electron chi connectivity index (χ0n) is 13.3. The van der Waals surface area contributed by atoms with Gasteiger partial charge in [0.05, 0.1) is 5.52 Å². The second-order valence-corrected chi connectivity index (χ2v) is 6.91. The quantitative estimate of drug-likeness (QED) is 0.534. The number of aromatic nitrogens is 3. The largest absolute Gasteiger partial charge is 0.612 e. The molecule has 0 saturated heterocycles. The van der Waals surface area contributed by atoms with Gasteiger partial charge in [0.15, 0.2) is 4.90 Å². The van der Waals surface area contributed by atoms with Crippen LogP contribution in [0.5, 0.6) is 0 Å². The molecule has 0 saturated carbocycles. The summed E-state index contributed by atoms with van der Waals surface area (Å²) in [5.74, 6) is 1.06. The van der Waals surface area contributed by atoms with Crippen molar-refractivity contribution in [1.29, 1.82) is 0 Å². The van der Waals surface area contributed by atoms with Crippen molar-refractivity contribution in [2.24, 2.45) is 0 Å². The first-order valence-corrected chi connectivity index (χ1v) is 9.03. The summed E-state index contributed by atoms with van der Waals surface area (Å²) in [6.45, 7) is 1.77. The number of fused-ring (bicyclic) bond motifs is 1. The molecule has 0 amide bonds. The van der Waals surface area contributed by atoms with Crippen LogP contribution in [0.1, 0.15) is 5.89 Å². The minimum atomic E-state index is -0.974. The molecule has 1 unspecified atom stereocenters. The predicted molar refractivity (Wildman–Crippen MR) is 93.6 cm³/mol. The summed E-state index contributed by atoms with van der Waals surface area (Å²) < 4.78 is 19.1. The molecule has 1 atom stereocenters. The van der Waals surface area contributed by atoms with E-state index in [0.717, 1.165) is 27.0 Å². The highest BCUT2D eigenvalue weighted by molar-refractivity contribution is 7.90. The van der Waals surface area contributed by atoms with Gasteiger partial charge in [-0.05, 0) is 59.0 Å². The lowest BCUT2D eigenvalue weighted by atomic mass is 10.1. The minimum absolute atomic E-state index is 0.513. The monoisotopic (exact) mass is 337 g/mol. The minimum Gasteiger partial charge on any atom is -0.612 e. The van der Waals surface area contributed by atoms with Crippen LogP contribution >= 0.6 is 0 Å². The Balaban J connectivity index is 1.81. The van der Waals surface area contributed by atoms with Crippen LogP contribution < -0.4 is 0 Å². The number of benzene rings is 2. The molecule has 2 heterocycles. The molecule has 6 heteroatoms. The smallest absolute Gasteiger partial charge is 0.247 e. The van der Waals surface area contributed by atoms with E-state index in [9.17, 15) is 4.55 Å². The van der Waals surface area contributed by atoms with E-state index in [1.165, 1.54) is 0 Å². The van der Waals surface area contributed by atoms with Gasteiger partial charge in [-0.3, -0.25) is 0 Å². The molecule has 0 N–H and O–H groups in total. The van der Waals surface area contributed by atoms with Gasteiger partial charge < -0.3 is 13.5 Å². The summed E-state index contributed by atoms with van der Waals surface area (Å²) in [5.41, 5.74) is 2.95. The molecule has 0 aliphatic carbocycles. The first-order chi connectivity index (χ1) is 11.6. The van der Waals surface area contributed by atoms with Crippen molar-refractivity contribution in [3.05, 3.63) is 60.6 Å². The van der Waals surface area contributed by atoms with Gasteiger partial charge in [0, 0.05) is 24.4 Å². The van der Waals surface area contributed by atoms with Gasteiger partial charge in [-0.15, -0.1) is 10.2 Å². The average molecular weight is 337 g/mol. The van der Waals surface area contributed by atoms with Crippen molar-refractivity contribution < 1.29 is 8.97 Å². The van der Waals surface area contributed by atoms with E-state index in [1.54, 1.807) is 13.2 Å². The lowest BCUT2D eigenvalue weighted by Crippen LogP contribution is -1.98. The van der Waals surface area contributed by atoms with Gasteiger partial charge in [0.25, 0.3) is 0 Å². The number of rotatable bonds is 3. The molecule has 4 rings (SSSR count). The Morgan fingerprint density at radius 3 is 2.50 bits per heavy atom. The van der Waals surface area contributed by atoms with Crippen LogP contribution in [0, 0.1) is 6.92 Å². The number of nitrogens with zero attached hydrogens (tertiary/aromatic N) is 3. The SMILES string of the molecule is Cc1nnc(-c2ccc3ccn(-c4ccc([S+](C)[O-])cc4)c3c2)o1. The second-order valence-electron chi connectivity index (χ2n) is 5.53. The third-order valence-corrected chi connectivity index (χ3v) is 4.85. The molecule has 2 aromatic carbocycles. The van der Waals surface area contributed by atoms with Gasteiger partial charge in [-0.1, -0.05) is 6.07 Å². The van der Waals surface area contributed by atoms with E-state index < -0.39 is 11.2 Å². The molecule has 24 heavy (non-hydrogen) atoms. The fourth-order valence-electron chi connectivity index (χ4n) is 2.70. The Hall–Kier alpha value is -2.57. The topological polar surface area (TPSA) is 66.9 Å². The maximum atomic E-state index is 11.5. The van der Waals surface area contributed by atoms with Gasteiger partial charge in [-0.2, -0.15) is 0 Å². The molecule has 0 radical (unpaired) electrons. The highest BCUT2D eigenvalue weighted by atomic mass is 32.2. The molecule has 0 aliphatic rings. The summed E-state index contributed by atoms with van der Waals surface area (Å²) in [5, 5.41) is 9.09. The van der Waals surface area contributed by atoms with Crippen LogP contribution in [-0.4, -0.2) is 25.6 Å². The van der Waals surface area contributed by atoms with Gasteiger partial charge in [-0.25, -0.2) is 0 Å². The van der Waals surface area contributed by atoms with Crippen LogP contribution in [0.3, 0.4) is 0 Å². The van der Waals surface area contributed by atoms with E-state index in [1.807, 2.05) is 48.7 Å². The predicted octanol–water partition coefficient (Wildman–Crippen LogP) is 3.73. The molecular formula is C18H15N3O2S. The Labute approximate surface area is 142 Å². The summed E-state index contributed by atoms with van der Waals surface area (Å²) in [7, 11) is 0. The molecule has 0 aliphatic heterocycles. The lowest BCUT2D eigenvalue weighted by molar-refractivity contribution is 0.533.